The Labute approximate surface area is 183 Å². The molecular weight excluding hydrogens is 436 g/mol. The van der Waals surface area contributed by atoms with Crippen molar-refractivity contribution >= 4 is 25.0 Å². The van der Waals surface area contributed by atoms with Gasteiger partial charge in [-0.25, -0.2) is 0 Å². The number of hydrazone groups is 1. The molecule has 0 saturated heterocycles. The summed E-state index contributed by atoms with van der Waals surface area (Å²) in [5.41, 5.74) is 0.466. The minimum absolute atomic E-state index is 0.133. The average molecular weight is 454 g/mol. The van der Waals surface area contributed by atoms with Crippen LogP contribution in [0, 0.1) is 0 Å². The topological polar surface area (TPSA) is 50.7 Å². The summed E-state index contributed by atoms with van der Waals surface area (Å²) in [6.45, 7) is 0. The second-order valence-electron chi connectivity index (χ2n) is 6.97. The second-order valence-corrected chi connectivity index (χ2v) is 9.11. The molecule has 3 aromatic rings. The van der Waals surface area contributed by atoms with Crippen LogP contribution in [0.4, 0.5) is 13.2 Å². The Morgan fingerprint density at radius 3 is 1.81 bits per heavy atom. The van der Waals surface area contributed by atoms with Crippen molar-refractivity contribution in [2.75, 3.05) is 0 Å². The van der Waals surface area contributed by atoms with Crippen LogP contribution in [0.2, 0.25) is 0 Å². The molecule has 0 spiro atoms. The van der Waals surface area contributed by atoms with E-state index in [2.05, 4.69) is 10.3 Å². The smallest absolute Gasteiger partial charge is 0.417 e. The fraction of sp³-hybridized carbons (Fsp3) is 0.0417. The predicted molar refractivity (Wildman–Crippen MR) is 120 cm³/mol. The molecule has 1 aliphatic rings. The SMILES string of the molecule is O=P1(NN=Cc2ccccc2C(F)(F)F)C=C(c2ccccc2)OC(c2ccccc2)=C1. The largest absolute Gasteiger partial charge is 0.456 e. The van der Waals surface area contributed by atoms with E-state index in [1.165, 1.54) is 29.8 Å². The molecule has 0 bridgehead atoms. The van der Waals surface area contributed by atoms with Crippen LogP contribution < -0.4 is 5.20 Å². The molecule has 0 atom stereocenters. The molecule has 0 fully saturated rings. The Kier molecular flexibility index (Phi) is 6.01. The highest BCUT2D eigenvalue weighted by Gasteiger charge is 2.32. The van der Waals surface area contributed by atoms with Gasteiger partial charge in [0, 0.05) is 28.3 Å². The third-order valence-corrected chi connectivity index (χ3v) is 6.30. The summed E-state index contributed by atoms with van der Waals surface area (Å²) in [4.78, 5) is 0. The van der Waals surface area contributed by atoms with Gasteiger partial charge in [-0.1, -0.05) is 78.9 Å². The summed E-state index contributed by atoms with van der Waals surface area (Å²) in [6, 6.07) is 23.3. The highest BCUT2D eigenvalue weighted by Crippen LogP contribution is 2.53. The molecule has 162 valence electrons. The van der Waals surface area contributed by atoms with Gasteiger partial charge in [-0.2, -0.15) is 18.3 Å². The number of nitrogens with one attached hydrogen (secondary N) is 1. The van der Waals surface area contributed by atoms with Gasteiger partial charge in [0.15, 0.2) is 0 Å². The average Bonchev–Trinajstić information content (AvgIpc) is 2.79. The Morgan fingerprint density at radius 1 is 0.781 bits per heavy atom. The first kappa shape index (κ1) is 21.7. The number of alkyl halides is 3. The lowest BCUT2D eigenvalue weighted by Gasteiger charge is -2.22. The number of rotatable bonds is 5. The van der Waals surface area contributed by atoms with Crippen molar-refractivity contribution in [1.29, 1.82) is 0 Å². The highest BCUT2D eigenvalue weighted by molar-refractivity contribution is 7.68. The summed E-state index contributed by atoms with van der Waals surface area (Å²) >= 11 is 0. The van der Waals surface area contributed by atoms with Gasteiger partial charge in [0.05, 0.1) is 11.8 Å². The van der Waals surface area contributed by atoms with Crippen LogP contribution in [-0.4, -0.2) is 6.21 Å². The van der Waals surface area contributed by atoms with Crippen LogP contribution >= 0.6 is 7.29 Å². The van der Waals surface area contributed by atoms with Crippen molar-refractivity contribution < 1.29 is 22.5 Å². The minimum atomic E-state index is -4.52. The van der Waals surface area contributed by atoms with Crippen molar-refractivity contribution in [3.05, 3.63) is 119 Å². The molecule has 8 heteroatoms. The molecule has 0 radical (unpaired) electrons. The van der Waals surface area contributed by atoms with Crippen LogP contribution in [0.3, 0.4) is 0 Å². The van der Waals surface area contributed by atoms with Gasteiger partial charge in [-0.3, -0.25) is 9.76 Å². The predicted octanol–water partition coefficient (Wildman–Crippen LogP) is 6.93. The first-order chi connectivity index (χ1) is 15.3. The molecular formula is C24H18F3N2O2P. The Balaban J connectivity index is 1.68. The van der Waals surface area contributed by atoms with E-state index in [-0.39, 0.29) is 5.56 Å². The third kappa shape index (κ3) is 5.01. The molecule has 1 aliphatic heterocycles. The molecule has 0 saturated carbocycles. The summed E-state index contributed by atoms with van der Waals surface area (Å²) in [5, 5.41) is 6.43. The quantitative estimate of drug-likeness (QED) is 0.258. The van der Waals surface area contributed by atoms with E-state index in [9.17, 15) is 17.7 Å². The fourth-order valence-corrected chi connectivity index (χ4v) is 4.67. The number of ether oxygens (including phenoxy) is 1. The lowest BCUT2D eigenvalue weighted by atomic mass is 10.1. The highest BCUT2D eigenvalue weighted by atomic mass is 31.2. The molecule has 0 aromatic heterocycles. The minimum Gasteiger partial charge on any atom is -0.456 e. The lowest BCUT2D eigenvalue weighted by molar-refractivity contribution is -0.137. The number of benzene rings is 3. The van der Waals surface area contributed by atoms with Crippen molar-refractivity contribution in [2.24, 2.45) is 5.10 Å². The Bertz CT molecular complexity index is 1180. The summed E-state index contributed by atoms with van der Waals surface area (Å²) in [5.74, 6) is 3.58. The lowest BCUT2D eigenvalue weighted by Crippen LogP contribution is -2.10. The Hall–Kier alpha value is -3.57. The number of hydrogen-bond donors (Lipinski definition) is 1. The summed E-state index contributed by atoms with van der Waals surface area (Å²) in [6.07, 6.45) is -3.50. The first-order valence-corrected chi connectivity index (χ1v) is 11.5. The first-order valence-electron chi connectivity index (χ1n) is 9.64. The van der Waals surface area contributed by atoms with E-state index in [1.54, 1.807) is 0 Å². The van der Waals surface area contributed by atoms with Crippen LogP contribution in [0.1, 0.15) is 22.3 Å². The monoisotopic (exact) mass is 454 g/mol. The van der Waals surface area contributed by atoms with E-state index in [0.29, 0.717) is 22.6 Å². The van der Waals surface area contributed by atoms with E-state index >= 15 is 0 Å². The van der Waals surface area contributed by atoms with Crippen LogP contribution in [0.15, 0.2) is 102 Å². The van der Waals surface area contributed by atoms with Crippen LogP contribution in [0.5, 0.6) is 0 Å². The zero-order valence-corrected chi connectivity index (χ0v) is 17.6. The molecule has 4 nitrogen and oxygen atoms in total. The fourth-order valence-electron chi connectivity index (χ4n) is 3.14. The number of halogens is 3. The molecule has 32 heavy (non-hydrogen) atoms. The van der Waals surface area contributed by atoms with E-state index in [1.807, 2.05) is 60.7 Å². The number of hydrogen-bond acceptors (Lipinski definition) is 3. The third-order valence-electron chi connectivity index (χ3n) is 4.64. The molecule has 0 amide bonds. The maximum atomic E-state index is 13.6. The molecule has 0 aliphatic carbocycles. The van der Waals surface area contributed by atoms with Gasteiger partial charge in [-0.05, 0) is 6.07 Å². The number of nitrogens with zero attached hydrogens (tertiary/aromatic N) is 1. The van der Waals surface area contributed by atoms with Gasteiger partial charge in [0.1, 0.15) is 11.5 Å². The van der Waals surface area contributed by atoms with Crippen molar-refractivity contribution in [1.82, 2.24) is 5.20 Å². The van der Waals surface area contributed by atoms with Crippen molar-refractivity contribution in [3.8, 4) is 0 Å². The summed E-state index contributed by atoms with van der Waals surface area (Å²) in [7, 11) is -3.43. The van der Waals surface area contributed by atoms with Gasteiger partial charge in [-0.15, -0.1) is 0 Å². The molecule has 1 heterocycles. The van der Waals surface area contributed by atoms with E-state index in [0.717, 1.165) is 12.3 Å². The van der Waals surface area contributed by atoms with Gasteiger partial charge < -0.3 is 4.74 Å². The van der Waals surface area contributed by atoms with Gasteiger partial charge in [0.25, 0.3) is 0 Å². The van der Waals surface area contributed by atoms with E-state index in [4.69, 9.17) is 4.74 Å². The zero-order chi connectivity index (χ0) is 22.6. The second kappa shape index (κ2) is 8.89. The normalized spacial score (nSPS) is 15.6. The maximum Gasteiger partial charge on any atom is 0.417 e. The molecule has 0 unspecified atom stereocenters. The Morgan fingerprint density at radius 2 is 1.28 bits per heavy atom. The van der Waals surface area contributed by atoms with E-state index < -0.39 is 19.0 Å². The molecule has 3 aromatic carbocycles. The van der Waals surface area contributed by atoms with Crippen LogP contribution in [-0.2, 0) is 15.5 Å². The maximum absolute atomic E-state index is 13.6. The molecule has 1 N–H and O–H groups in total. The van der Waals surface area contributed by atoms with Crippen molar-refractivity contribution in [3.63, 3.8) is 0 Å². The van der Waals surface area contributed by atoms with Gasteiger partial charge in [0.2, 0.25) is 7.29 Å². The van der Waals surface area contributed by atoms with Crippen molar-refractivity contribution in [2.45, 2.75) is 6.18 Å². The zero-order valence-electron chi connectivity index (χ0n) is 16.7. The molecule has 4 rings (SSSR count). The summed E-state index contributed by atoms with van der Waals surface area (Å²) < 4.78 is 59.2. The van der Waals surface area contributed by atoms with Gasteiger partial charge >= 0.3 is 6.18 Å². The van der Waals surface area contributed by atoms with Crippen LogP contribution in [0.25, 0.3) is 11.5 Å². The standard InChI is InChI=1S/C24H18F3N2O2P/c25-24(26,27)21-14-8-7-13-20(21)15-28-29-32(30)16-22(18-9-3-1-4-10-18)31-23(17-32)19-11-5-2-6-12-19/h1-17H,(H,29,30).